The maximum Gasteiger partial charge on any atom is 0.260 e. The Labute approximate surface area is 160 Å². The summed E-state index contributed by atoms with van der Waals surface area (Å²) in [6.45, 7) is 6.32. The molecule has 1 amide bonds. The molecule has 0 saturated heterocycles. The highest BCUT2D eigenvalue weighted by molar-refractivity contribution is 6.11. The van der Waals surface area contributed by atoms with E-state index in [1.165, 1.54) is 11.1 Å². The van der Waals surface area contributed by atoms with Crippen LogP contribution < -0.4 is 10.2 Å². The van der Waals surface area contributed by atoms with Gasteiger partial charge >= 0.3 is 0 Å². The molecule has 27 heavy (non-hydrogen) atoms. The molecule has 0 fully saturated rings. The van der Waals surface area contributed by atoms with Gasteiger partial charge in [-0.05, 0) is 49.1 Å². The Bertz CT molecular complexity index is 1010. The maximum atomic E-state index is 13.3. The number of fused-ring (bicyclic) bond motifs is 1. The van der Waals surface area contributed by atoms with Gasteiger partial charge in [0.1, 0.15) is 6.17 Å². The Morgan fingerprint density at radius 3 is 2.37 bits per heavy atom. The Hall–Kier alpha value is -3.07. The summed E-state index contributed by atoms with van der Waals surface area (Å²) in [5.41, 5.74) is 7.40. The molecule has 3 aromatic rings. The van der Waals surface area contributed by atoms with Gasteiger partial charge in [0, 0.05) is 22.5 Å². The lowest BCUT2D eigenvalue weighted by Gasteiger charge is -2.30. The number of benzene rings is 3. The first-order valence-corrected chi connectivity index (χ1v) is 9.45. The highest BCUT2D eigenvalue weighted by Crippen LogP contribution is 2.40. The van der Waals surface area contributed by atoms with Gasteiger partial charge in [-0.3, -0.25) is 9.69 Å². The van der Waals surface area contributed by atoms with Crippen molar-refractivity contribution in [2.45, 2.75) is 33.4 Å². The van der Waals surface area contributed by atoms with Crippen molar-refractivity contribution in [2.75, 3.05) is 10.2 Å². The number of hydrogen-bond donors (Lipinski definition) is 1. The molecule has 1 atom stereocenters. The first-order valence-electron chi connectivity index (χ1n) is 9.45. The Balaban J connectivity index is 1.85. The molecule has 0 bridgehead atoms. The van der Waals surface area contributed by atoms with Crippen LogP contribution in [0.3, 0.4) is 0 Å². The van der Waals surface area contributed by atoms with Gasteiger partial charge in [0.15, 0.2) is 0 Å². The van der Waals surface area contributed by atoms with E-state index in [4.69, 9.17) is 0 Å². The maximum absolute atomic E-state index is 13.3. The fourth-order valence-corrected chi connectivity index (χ4v) is 3.91. The summed E-state index contributed by atoms with van der Waals surface area (Å²) in [5.74, 6) is 0.0454. The molecule has 3 heteroatoms. The molecule has 0 unspecified atom stereocenters. The lowest BCUT2D eigenvalue weighted by molar-refractivity contribution is 0.0992. The topological polar surface area (TPSA) is 32.3 Å². The van der Waals surface area contributed by atoms with Gasteiger partial charge in [-0.2, -0.15) is 0 Å². The van der Waals surface area contributed by atoms with Gasteiger partial charge in [0.05, 0.1) is 0 Å². The molecule has 0 aliphatic carbocycles. The van der Waals surface area contributed by atoms with Crippen molar-refractivity contribution in [2.24, 2.45) is 0 Å². The molecule has 3 aromatic carbocycles. The quantitative estimate of drug-likeness (QED) is 0.656. The monoisotopic (exact) mass is 356 g/mol. The molecular formula is C24H24N2O. The van der Waals surface area contributed by atoms with Crippen LogP contribution in [0, 0.1) is 13.8 Å². The molecule has 4 rings (SSSR count). The van der Waals surface area contributed by atoms with Crippen LogP contribution in [0.15, 0.2) is 66.7 Å². The lowest BCUT2D eigenvalue weighted by Crippen LogP contribution is -2.33. The zero-order valence-electron chi connectivity index (χ0n) is 16.0. The fourth-order valence-electron chi connectivity index (χ4n) is 3.91. The van der Waals surface area contributed by atoms with E-state index in [-0.39, 0.29) is 12.1 Å². The summed E-state index contributed by atoms with van der Waals surface area (Å²) in [7, 11) is 0. The van der Waals surface area contributed by atoms with E-state index in [1.807, 2.05) is 60.4 Å². The normalized spacial score (nSPS) is 15.7. The van der Waals surface area contributed by atoms with Crippen LogP contribution in [0.25, 0.3) is 0 Å². The number of rotatable bonds is 4. The molecule has 3 nitrogen and oxygen atoms in total. The second kappa shape index (κ2) is 6.92. The van der Waals surface area contributed by atoms with Gasteiger partial charge in [-0.1, -0.05) is 61.5 Å². The van der Waals surface area contributed by atoms with Crippen LogP contribution in [-0.4, -0.2) is 5.91 Å². The number of aryl methyl sites for hydroxylation is 3. The van der Waals surface area contributed by atoms with Crippen LogP contribution >= 0.6 is 0 Å². The molecule has 0 spiro atoms. The number of nitrogens with zero attached hydrogens (tertiary/aromatic N) is 1. The van der Waals surface area contributed by atoms with Crippen molar-refractivity contribution in [3.8, 4) is 0 Å². The summed E-state index contributed by atoms with van der Waals surface area (Å²) >= 11 is 0. The molecule has 1 aliphatic heterocycles. The van der Waals surface area contributed by atoms with Crippen molar-refractivity contribution in [3.63, 3.8) is 0 Å². The summed E-state index contributed by atoms with van der Waals surface area (Å²) < 4.78 is 0. The highest BCUT2D eigenvalue weighted by atomic mass is 16.2. The van der Waals surface area contributed by atoms with Crippen LogP contribution in [0.2, 0.25) is 0 Å². The molecule has 1 N–H and O–H groups in total. The summed E-state index contributed by atoms with van der Waals surface area (Å²) in [6.07, 6.45) is 0.720. The standard InChI is InChI=1S/C24H24N2O/c1-4-18-12-9-11-17(3)22(18)25-23-19-13-6-7-14-20(19)24(27)26(23)21-15-8-5-10-16(21)2/h5-15,23,25H,4H2,1-3H3/t23-/m0/s1. The predicted octanol–water partition coefficient (Wildman–Crippen LogP) is 5.64. The lowest BCUT2D eigenvalue weighted by atomic mass is 10.0. The Morgan fingerprint density at radius 1 is 0.889 bits per heavy atom. The molecule has 0 radical (unpaired) electrons. The van der Waals surface area contributed by atoms with Crippen LogP contribution in [0.4, 0.5) is 11.4 Å². The number of carbonyl (C=O) groups is 1. The van der Waals surface area contributed by atoms with Gasteiger partial charge in [0.2, 0.25) is 0 Å². The largest absolute Gasteiger partial charge is 0.361 e. The van der Waals surface area contributed by atoms with Crippen molar-refractivity contribution in [1.82, 2.24) is 0 Å². The number of anilines is 2. The van der Waals surface area contributed by atoms with E-state index < -0.39 is 0 Å². The van der Waals surface area contributed by atoms with E-state index in [9.17, 15) is 4.79 Å². The van der Waals surface area contributed by atoms with Crippen LogP contribution in [0.5, 0.6) is 0 Å². The molecule has 1 aliphatic rings. The Morgan fingerprint density at radius 2 is 1.59 bits per heavy atom. The zero-order valence-corrected chi connectivity index (χ0v) is 16.0. The number of nitrogens with one attached hydrogen (secondary N) is 1. The van der Waals surface area contributed by atoms with Crippen LogP contribution in [-0.2, 0) is 6.42 Å². The molecule has 1 heterocycles. The molecule has 0 saturated carbocycles. The van der Waals surface area contributed by atoms with E-state index >= 15 is 0 Å². The van der Waals surface area contributed by atoms with Gasteiger partial charge < -0.3 is 5.32 Å². The van der Waals surface area contributed by atoms with Crippen molar-refractivity contribution < 1.29 is 4.79 Å². The van der Waals surface area contributed by atoms with Crippen LogP contribution in [0.1, 0.15) is 45.7 Å². The summed E-state index contributed by atoms with van der Waals surface area (Å²) in [6, 6.07) is 22.3. The third-order valence-corrected chi connectivity index (χ3v) is 5.36. The number of amides is 1. The van der Waals surface area contributed by atoms with Gasteiger partial charge in [-0.25, -0.2) is 0 Å². The average Bonchev–Trinajstić information content (AvgIpc) is 2.96. The van der Waals surface area contributed by atoms with E-state index in [0.717, 1.165) is 34.5 Å². The fraction of sp³-hybridized carbons (Fsp3) is 0.208. The van der Waals surface area contributed by atoms with Crippen molar-refractivity contribution in [3.05, 3.63) is 94.5 Å². The molecular weight excluding hydrogens is 332 g/mol. The van der Waals surface area contributed by atoms with Gasteiger partial charge in [-0.15, -0.1) is 0 Å². The minimum atomic E-state index is -0.221. The second-order valence-corrected chi connectivity index (χ2v) is 7.06. The number of carbonyl (C=O) groups excluding carboxylic acids is 1. The molecule has 0 aromatic heterocycles. The van der Waals surface area contributed by atoms with Crippen molar-refractivity contribution in [1.29, 1.82) is 0 Å². The average molecular weight is 356 g/mol. The predicted molar refractivity (Wildman–Crippen MR) is 111 cm³/mol. The number of hydrogen-bond acceptors (Lipinski definition) is 2. The van der Waals surface area contributed by atoms with E-state index in [0.29, 0.717) is 0 Å². The third-order valence-electron chi connectivity index (χ3n) is 5.36. The smallest absolute Gasteiger partial charge is 0.260 e. The number of para-hydroxylation sites is 2. The highest BCUT2D eigenvalue weighted by Gasteiger charge is 2.38. The second-order valence-electron chi connectivity index (χ2n) is 7.06. The SMILES string of the molecule is CCc1cccc(C)c1N[C@@H]1c2ccccc2C(=O)N1c1ccccc1C. The first-order chi connectivity index (χ1) is 13.1. The molecule has 136 valence electrons. The zero-order chi connectivity index (χ0) is 19.0. The first kappa shape index (κ1) is 17.3. The third kappa shape index (κ3) is 2.89. The van der Waals surface area contributed by atoms with Gasteiger partial charge in [0.25, 0.3) is 5.91 Å². The summed E-state index contributed by atoms with van der Waals surface area (Å²) in [5, 5.41) is 3.70. The van der Waals surface area contributed by atoms with Crippen molar-refractivity contribution >= 4 is 17.3 Å². The van der Waals surface area contributed by atoms with E-state index in [2.05, 4.69) is 37.4 Å². The Kier molecular flexibility index (Phi) is 4.44. The summed E-state index contributed by atoms with van der Waals surface area (Å²) in [4.78, 5) is 15.2. The minimum Gasteiger partial charge on any atom is -0.361 e. The minimum absolute atomic E-state index is 0.0454. The van der Waals surface area contributed by atoms with E-state index in [1.54, 1.807) is 0 Å².